The summed E-state index contributed by atoms with van der Waals surface area (Å²) in [6, 6.07) is 0. The molecular formula is C8H10N2O4S2. The van der Waals surface area contributed by atoms with E-state index in [1.807, 2.05) is 0 Å². The molecule has 0 spiro atoms. The second-order valence-electron chi connectivity index (χ2n) is 3.26. The van der Waals surface area contributed by atoms with E-state index in [1.165, 1.54) is 23.5 Å². The van der Waals surface area contributed by atoms with Crippen LogP contribution in [0.25, 0.3) is 0 Å². The lowest BCUT2D eigenvalue weighted by Crippen LogP contribution is -2.50. The standard InChI is InChI=1S/C8H10N2O4S2/c11-6(12)3(7(13)14)8-15-4-5(16-8)10-2-1-9-4/h4-5,9-10H,1-2H2,(H,11,12)(H,13,14). The van der Waals surface area contributed by atoms with Crippen molar-refractivity contribution in [3.8, 4) is 0 Å². The summed E-state index contributed by atoms with van der Waals surface area (Å²) in [6.07, 6.45) is 0. The molecular weight excluding hydrogens is 252 g/mol. The number of carboxylic acids is 2. The quantitative estimate of drug-likeness (QED) is 0.306. The number of carbonyl (C=O) groups is 2. The number of nitrogens with one attached hydrogen (secondary N) is 2. The van der Waals surface area contributed by atoms with Gasteiger partial charge in [-0.2, -0.15) is 0 Å². The Morgan fingerprint density at radius 2 is 1.50 bits per heavy atom. The molecule has 0 amide bonds. The second kappa shape index (κ2) is 4.66. The van der Waals surface area contributed by atoms with Gasteiger partial charge in [0.25, 0.3) is 0 Å². The minimum Gasteiger partial charge on any atom is -0.477 e. The van der Waals surface area contributed by atoms with E-state index < -0.39 is 17.5 Å². The van der Waals surface area contributed by atoms with E-state index in [2.05, 4.69) is 10.6 Å². The predicted molar refractivity (Wildman–Crippen MR) is 61.1 cm³/mol. The van der Waals surface area contributed by atoms with Gasteiger partial charge in [0.1, 0.15) is 0 Å². The van der Waals surface area contributed by atoms with Gasteiger partial charge in [-0.05, 0) is 0 Å². The summed E-state index contributed by atoms with van der Waals surface area (Å²) in [5.74, 6) is -2.78. The fourth-order valence-electron chi connectivity index (χ4n) is 1.49. The van der Waals surface area contributed by atoms with Crippen molar-refractivity contribution < 1.29 is 19.8 Å². The van der Waals surface area contributed by atoms with Crippen LogP contribution in [0.2, 0.25) is 0 Å². The molecule has 0 saturated carbocycles. The van der Waals surface area contributed by atoms with Gasteiger partial charge >= 0.3 is 11.9 Å². The van der Waals surface area contributed by atoms with E-state index in [0.717, 1.165) is 13.1 Å². The van der Waals surface area contributed by atoms with Crippen molar-refractivity contribution in [3.63, 3.8) is 0 Å². The van der Waals surface area contributed by atoms with Crippen molar-refractivity contribution in [2.45, 2.75) is 10.7 Å². The third-order valence-corrected chi connectivity index (χ3v) is 5.16. The predicted octanol–water partition coefficient (Wildman–Crippen LogP) is -0.308. The van der Waals surface area contributed by atoms with E-state index in [1.54, 1.807) is 0 Å². The van der Waals surface area contributed by atoms with Crippen molar-refractivity contribution in [2.24, 2.45) is 0 Å². The Hall–Kier alpha value is -0.700. The van der Waals surface area contributed by atoms with E-state index in [4.69, 9.17) is 10.2 Å². The highest BCUT2D eigenvalue weighted by Gasteiger charge is 2.38. The van der Waals surface area contributed by atoms with Crippen LogP contribution in [0.3, 0.4) is 0 Å². The normalized spacial score (nSPS) is 28.6. The summed E-state index contributed by atoms with van der Waals surface area (Å²) in [5.41, 5.74) is -0.534. The number of hydrogen-bond acceptors (Lipinski definition) is 6. The molecule has 0 radical (unpaired) electrons. The molecule has 2 aliphatic rings. The van der Waals surface area contributed by atoms with Gasteiger partial charge in [-0.1, -0.05) is 23.5 Å². The summed E-state index contributed by atoms with van der Waals surface area (Å²) in [4.78, 5) is 21.7. The number of carboxylic acid groups (broad SMARTS) is 2. The first-order chi connectivity index (χ1) is 7.59. The largest absolute Gasteiger partial charge is 0.477 e. The van der Waals surface area contributed by atoms with Crippen LogP contribution in [0, 0.1) is 0 Å². The number of piperazine rings is 1. The molecule has 8 heteroatoms. The highest BCUT2D eigenvalue weighted by molar-refractivity contribution is 8.26. The molecule has 2 aliphatic heterocycles. The number of aliphatic carboxylic acids is 2. The zero-order valence-corrected chi connectivity index (χ0v) is 9.73. The van der Waals surface area contributed by atoms with Crippen LogP contribution in [-0.2, 0) is 9.59 Å². The third kappa shape index (κ3) is 2.19. The molecule has 0 aromatic rings. The van der Waals surface area contributed by atoms with Gasteiger partial charge in [0.2, 0.25) is 0 Å². The van der Waals surface area contributed by atoms with Gasteiger partial charge in [-0.3, -0.25) is 0 Å². The van der Waals surface area contributed by atoms with Crippen LogP contribution in [-0.4, -0.2) is 46.0 Å². The monoisotopic (exact) mass is 262 g/mol. The molecule has 0 aromatic carbocycles. The average Bonchev–Trinajstić information content (AvgIpc) is 2.58. The topological polar surface area (TPSA) is 98.7 Å². The fourth-order valence-corrected chi connectivity index (χ4v) is 4.56. The number of hydrogen-bond donors (Lipinski definition) is 4. The zero-order valence-electron chi connectivity index (χ0n) is 8.10. The lowest BCUT2D eigenvalue weighted by molar-refractivity contribution is -0.140. The Morgan fingerprint density at radius 3 is 1.88 bits per heavy atom. The Balaban J connectivity index is 2.24. The molecule has 2 atom stereocenters. The summed E-state index contributed by atoms with van der Waals surface area (Å²) >= 11 is 2.53. The van der Waals surface area contributed by atoms with Crippen molar-refractivity contribution >= 4 is 35.5 Å². The maximum atomic E-state index is 10.8. The van der Waals surface area contributed by atoms with Crippen molar-refractivity contribution in [3.05, 3.63) is 9.81 Å². The lowest BCUT2D eigenvalue weighted by Gasteiger charge is -2.25. The van der Waals surface area contributed by atoms with Gasteiger partial charge in [0.15, 0.2) is 5.57 Å². The molecule has 2 saturated heterocycles. The Morgan fingerprint density at radius 1 is 1.06 bits per heavy atom. The van der Waals surface area contributed by atoms with Crippen LogP contribution >= 0.6 is 23.5 Å². The maximum Gasteiger partial charge on any atom is 0.344 e. The molecule has 88 valence electrons. The molecule has 2 unspecified atom stereocenters. The minimum absolute atomic E-state index is 0.0439. The summed E-state index contributed by atoms with van der Waals surface area (Å²) in [7, 11) is 0. The Bertz CT molecular complexity index is 339. The highest BCUT2D eigenvalue weighted by Crippen LogP contribution is 2.47. The van der Waals surface area contributed by atoms with Crippen LogP contribution in [0.1, 0.15) is 0 Å². The van der Waals surface area contributed by atoms with Crippen LogP contribution in [0.5, 0.6) is 0 Å². The van der Waals surface area contributed by atoms with Crippen molar-refractivity contribution in [1.82, 2.24) is 10.6 Å². The first kappa shape index (κ1) is 11.8. The van der Waals surface area contributed by atoms with E-state index in [-0.39, 0.29) is 10.7 Å². The summed E-state index contributed by atoms with van der Waals surface area (Å²) < 4.78 is 0.358. The fraction of sp³-hybridized carbons (Fsp3) is 0.500. The first-order valence-corrected chi connectivity index (χ1v) is 6.36. The molecule has 4 N–H and O–H groups in total. The smallest absolute Gasteiger partial charge is 0.344 e. The third-order valence-electron chi connectivity index (χ3n) is 2.19. The molecule has 2 rings (SSSR count). The number of rotatable bonds is 2. The van der Waals surface area contributed by atoms with E-state index >= 15 is 0 Å². The molecule has 0 aromatic heterocycles. The molecule has 0 bridgehead atoms. The van der Waals surface area contributed by atoms with Crippen LogP contribution in [0.15, 0.2) is 9.81 Å². The average molecular weight is 262 g/mol. The van der Waals surface area contributed by atoms with Crippen LogP contribution < -0.4 is 10.6 Å². The first-order valence-electron chi connectivity index (χ1n) is 4.60. The minimum atomic E-state index is -1.39. The van der Waals surface area contributed by atoms with Gasteiger partial charge in [-0.15, -0.1) is 0 Å². The van der Waals surface area contributed by atoms with E-state index in [9.17, 15) is 9.59 Å². The van der Waals surface area contributed by atoms with Crippen molar-refractivity contribution in [2.75, 3.05) is 13.1 Å². The summed E-state index contributed by atoms with van der Waals surface area (Å²) in [5, 5.41) is 24.2. The Kier molecular flexibility index (Phi) is 3.43. The highest BCUT2D eigenvalue weighted by atomic mass is 32.2. The molecule has 2 heterocycles. The maximum absolute atomic E-state index is 10.8. The van der Waals surface area contributed by atoms with Gasteiger partial charge in [0, 0.05) is 13.1 Å². The van der Waals surface area contributed by atoms with Gasteiger partial charge in [-0.25, -0.2) is 9.59 Å². The molecule has 6 nitrogen and oxygen atoms in total. The molecule has 2 fully saturated rings. The van der Waals surface area contributed by atoms with Gasteiger partial charge < -0.3 is 20.8 Å². The Labute approximate surface area is 99.9 Å². The zero-order chi connectivity index (χ0) is 11.7. The lowest BCUT2D eigenvalue weighted by atomic mass is 10.3. The molecule has 16 heavy (non-hydrogen) atoms. The number of fused-ring (bicyclic) bond motifs is 1. The number of thioether (sulfide) groups is 2. The van der Waals surface area contributed by atoms with Gasteiger partial charge in [0.05, 0.1) is 15.0 Å². The van der Waals surface area contributed by atoms with Crippen LogP contribution in [0.4, 0.5) is 0 Å². The SMILES string of the molecule is O=C(O)C(C(=O)O)=C1SC2NCCNC2S1. The van der Waals surface area contributed by atoms with Crippen molar-refractivity contribution in [1.29, 1.82) is 0 Å². The van der Waals surface area contributed by atoms with E-state index in [0.29, 0.717) is 4.24 Å². The summed E-state index contributed by atoms with van der Waals surface area (Å²) in [6.45, 7) is 1.61. The second-order valence-corrected chi connectivity index (χ2v) is 5.82. The molecule has 0 aliphatic carbocycles.